The molecule has 0 aromatic carbocycles. The highest BCUT2D eigenvalue weighted by Crippen LogP contribution is 2.04. The minimum Gasteiger partial charge on any atom is -0.481 e. The van der Waals surface area contributed by atoms with Gasteiger partial charge < -0.3 is 15.7 Å². The van der Waals surface area contributed by atoms with Gasteiger partial charge in [0.15, 0.2) is 0 Å². The molecule has 0 spiro atoms. The number of hydrogen-bond donors (Lipinski definition) is 3. The molecule has 3 N–H and O–H groups in total. The number of nitrogens with zero attached hydrogens (tertiary/aromatic N) is 1. The molecule has 6 heteroatoms. The highest BCUT2D eigenvalue weighted by molar-refractivity contribution is 5.75. The zero-order valence-corrected chi connectivity index (χ0v) is 14.0. The summed E-state index contributed by atoms with van der Waals surface area (Å²) in [4.78, 5) is 24.8. The molecule has 0 fully saturated rings. The van der Waals surface area contributed by atoms with Crippen LogP contribution in [0.3, 0.4) is 0 Å². The van der Waals surface area contributed by atoms with Gasteiger partial charge in [-0.25, -0.2) is 4.79 Å². The smallest absolute Gasteiger partial charge is 0.315 e. The van der Waals surface area contributed by atoms with Crippen LogP contribution in [0.1, 0.15) is 53.9 Å². The number of carbonyl (C=O) groups excluding carboxylic acids is 1. The molecule has 0 aromatic rings. The van der Waals surface area contributed by atoms with E-state index < -0.39 is 5.97 Å². The summed E-state index contributed by atoms with van der Waals surface area (Å²) >= 11 is 0. The molecule has 0 aliphatic rings. The summed E-state index contributed by atoms with van der Waals surface area (Å²) in [6, 6.07) is 0.255. The van der Waals surface area contributed by atoms with Crippen LogP contribution in [-0.2, 0) is 4.79 Å². The zero-order valence-electron chi connectivity index (χ0n) is 14.0. The predicted molar refractivity (Wildman–Crippen MR) is 84.5 cm³/mol. The first-order chi connectivity index (χ1) is 9.77. The van der Waals surface area contributed by atoms with Gasteiger partial charge in [-0.1, -0.05) is 13.3 Å². The summed E-state index contributed by atoms with van der Waals surface area (Å²) in [5, 5.41) is 14.3. The lowest BCUT2D eigenvalue weighted by Crippen LogP contribution is -2.47. The van der Waals surface area contributed by atoms with Crippen molar-refractivity contribution in [3.63, 3.8) is 0 Å². The third-order valence-corrected chi connectivity index (χ3v) is 3.38. The summed E-state index contributed by atoms with van der Waals surface area (Å²) in [5.74, 6) is -0.889. The Kier molecular flexibility index (Phi) is 9.78. The van der Waals surface area contributed by atoms with Gasteiger partial charge in [0.1, 0.15) is 0 Å². The Hall–Kier alpha value is -1.30. The highest BCUT2D eigenvalue weighted by atomic mass is 16.4. The van der Waals surface area contributed by atoms with Crippen LogP contribution in [0.15, 0.2) is 0 Å². The third kappa shape index (κ3) is 9.28. The number of carboxylic acids is 1. The second kappa shape index (κ2) is 10.4. The number of aliphatic carboxylic acids is 1. The van der Waals surface area contributed by atoms with Crippen molar-refractivity contribution in [1.82, 2.24) is 15.5 Å². The monoisotopic (exact) mass is 301 g/mol. The highest BCUT2D eigenvalue weighted by Gasteiger charge is 2.16. The summed E-state index contributed by atoms with van der Waals surface area (Å²) in [6.07, 6.45) is 1.47. The maximum atomic E-state index is 11.8. The van der Waals surface area contributed by atoms with Crippen LogP contribution in [0, 0.1) is 0 Å². The molecule has 0 aliphatic carbocycles. The fourth-order valence-corrected chi connectivity index (χ4v) is 2.43. The van der Waals surface area contributed by atoms with Crippen LogP contribution in [0.5, 0.6) is 0 Å². The molecule has 0 bridgehead atoms. The molecule has 0 saturated carbocycles. The van der Waals surface area contributed by atoms with E-state index in [-0.39, 0.29) is 18.5 Å². The van der Waals surface area contributed by atoms with Crippen molar-refractivity contribution in [3.8, 4) is 0 Å². The maximum Gasteiger partial charge on any atom is 0.315 e. The molecular formula is C15H31N3O3. The van der Waals surface area contributed by atoms with Crippen LogP contribution in [-0.4, -0.2) is 53.2 Å². The first kappa shape index (κ1) is 19.7. The molecule has 1 atom stereocenters. The Morgan fingerprint density at radius 1 is 1.14 bits per heavy atom. The van der Waals surface area contributed by atoms with E-state index in [4.69, 9.17) is 5.11 Å². The van der Waals surface area contributed by atoms with Crippen LogP contribution < -0.4 is 10.6 Å². The SMILES string of the molecule is CCCC(CC(=O)O)NC(=O)NCCN(C(C)C)C(C)C. The Morgan fingerprint density at radius 3 is 2.14 bits per heavy atom. The van der Waals surface area contributed by atoms with E-state index >= 15 is 0 Å². The first-order valence-corrected chi connectivity index (χ1v) is 7.79. The number of rotatable bonds is 10. The van der Waals surface area contributed by atoms with Crippen molar-refractivity contribution in [2.24, 2.45) is 0 Å². The van der Waals surface area contributed by atoms with E-state index in [0.717, 1.165) is 13.0 Å². The van der Waals surface area contributed by atoms with Crippen molar-refractivity contribution in [2.75, 3.05) is 13.1 Å². The van der Waals surface area contributed by atoms with E-state index in [9.17, 15) is 9.59 Å². The Balaban J connectivity index is 4.14. The topological polar surface area (TPSA) is 81.7 Å². The number of carbonyl (C=O) groups is 2. The lowest BCUT2D eigenvalue weighted by Gasteiger charge is -2.30. The van der Waals surface area contributed by atoms with Gasteiger partial charge in [0.05, 0.1) is 6.42 Å². The molecule has 0 rings (SSSR count). The average Bonchev–Trinajstić information content (AvgIpc) is 2.32. The molecule has 124 valence electrons. The van der Waals surface area contributed by atoms with E-state index in [0.29, 0.717) is 25.0 Å². The predicted octanol–water partition coefficient (Wildman–Crippen LogP) is 2.05. The van der Waals surface area contributed by atoms with E-state index in [1.807, 2.05) is 6.92 Å². The van der Waals surface area contributed by atoms with Gasteiger partial charge in [-0.3, -0.25) is 9.69 Å². The van der Waals surface area contributed by atoms with Gasteiger partial charge in [0.25, 0.3) is 0 Å². The van der Waals surface area contributed by atoms with Crippen molar-refractivity contribution < 1.29 is 14.7 Å². The second-order valence-electron chi connectivity index (χ2n) is 5.91. The number of hydrogen-bond acceptors (Lipinski definition) is 3. The van der Waals surface area contributed by atoms with Gasteiger partial charge in [-0.15, -0.1) is 0 Å². The van der Waals surface area contributed by atoms with Crippen molar-refractivity contribution in [2.45, 2.75) is 72.0 Å². The number of amides is 2. The van der Waals surface area contributed by atoms with Gasteiger partial charge in [0.2, 0.25) is 0 Å². The number of carboxylic acid groups (broad SMARTS) is 1. The second-order valence-corrected chi connectivity index (χ2v) is 5.91. The van der Waals surface area contributed by atoms with Gasteiger partial charge in [0, 0.05) is 31.2 Å². The van der Waals surface area contributed by atoms with Gasteiger partial charge in [-0.05, 0) is 34.1 Å². The van der Waals surface area contributed by atoms with Gasteiger partial charge in [-0.2, -0.15) is 0 Å². The third-order valence-electron chi connectivity index (χ3n) is 3.38. The molecule has 2 amide bonds. The van der Waals surface area contributed by atoms with E-state index in [1.54, 1.807) is 0 Å². The zero-order chi connectivity index (χ0) is 16.4. The van der Waals surface area contributed by atoms with E-state index in [2.05, 4.69) is 43.2 Å². The summed E-state index contributed by atoms with van der Waals surface area (Å²) < 4.78 is 0. The maximum absolute atomic E-state index is 11.8. The normalized spacial score (nSPS) is 12.8. The number of urea groups is 1. The average molecular weight is 301 g/mol. The molecule has 0 aliphatic heterocycles. The summed E-state index contributed by atoms with van der Waals surface area (Å²) in [6.45, 7) is 11.8. The largest absolute Gasteiger partial charge is 0.481 e. The van der Waals surface area contributed by atoms with Crippen LogP contribution in [0.4, 0.5) is 4.79 Å². The molecule has 0 saturated heterocycles. The van der Waals surface area contributed by atoms with Gasteiger partial charge >= 0.3 is 12.0 Å². The first-order valence-electron chi connectivity index (χ1n) is 7.79. The lowest BCUT2D eigenvalue weighted by molar-refractivity contribution is -0.137. The summed E-state index contributed by atoms with van der Waals surface area (Å²) in [7, 11) is 0. The Morgan fingerprint density at radius 2 is 1.71 bits per heavy atom. The molecular weight excluding hydrogens is 270 g/mol. The van der Waals surface area contributed by atoms with Crippen LogP contribution in [0.25, 0.3) is 0 Å². The lowest BCUT2D eigenvalue weighted by atomic mass is 10.1. The molecule has 0 aromatic heterocycles. The fourth-order valence-electron chi connectivity index (χ4n) is 2.43. The molecule has 0 radical (unpaired) electrons. The summed E-state index contributed by atoms with van der Waals surface area (Å²) in [5.41, 5.74) is 0. The Labute approximate surface area is 128 Å². The van der Waals surface area contributed by atoms with Crippen molar-refractivity contribution in [1.29, 1.82) is 0 Å². The molecule has 6 nitrogen and oxygen atoms in total. The quantitative estimate of drug-likeness (QED) is 0.577. The van der Waals surface area contributed by atoms with Crippen LogP contribution in [0.2, 0.25) is 0 Å². The van der Waals surface area contributed by atoms with Crippen molar-refractivity contribution in [3.05, 3.63) is 0 Å². The molecule has 21 heavy (non-hydrogen) atoms. The molecule has 1 unspecified atom stereocenters. The minimum atomic E-state index is -0.889. The van der Waals surface area contributed by atoms with Crippen molar-refractivity contribution >= 4 is 12.0 Å². The van der Waals surface area contributed by atoms with Crippen LogP contribution >= 0.6 is 0 Å². The Bertz CT molecular complexity index is 311. The van der Waals surface area contributed by atoms with E-state index in [1.165, 1.54) is 0 Å². The standard InChI is InChI=1S/C15H31N3O3/c1-6-7-13(10-14(19)20)17-15(21)16-8-9-18(11(2)3)12(4)5/h11-13H,6-10H2,1-5H3,(H,19,20)(H2,16,17,21). The fraction of sp³-hybridized carbons (Fsp3) is 0.867. The minimum absolute atomic E-state index is 0.0363. The molecule has 0 heterocycles. The number of nitrogens with one attached hydrogen (secondary N) is 2.